The molecule has 1 aliphatic rings. The van der Waals surface area contributed by atoms with Gasteiger partial charge >= 0.3 is 6.03 Å². The van der Waals surface area contributed by atoms with E-state index in [0.717, 1.165) is 11.8 Å². The normalized spacial score (nSPS) is 19.7. The number of aromatic nitrogens is 4. The molecule has 0 aromatic carbocycles. The zero-order chi connectivity index (χ0) is 17.0. The van der Waals surface area contributed by atoms with Gasteiger partial charge in [-0.05, 0) is 30.7 Å². The molecule has 0 radical (unpaired) electrons. The van der Waals surface area contributed by atoms with Gasteiger partial charge in [-0.2, -0.15) is 0 Å². The molecule has 1 aromatic rings. The lowest BCUT2D eigenvalue weighted by molar-refractivity contribution is -0.117. The number of hydrogen-bond acceptors (Lipinski definition) is 8. The quantitative estimate of drug-likeness (QED) is 0.660. The smallest absolute Gasteiger partial charge is 0.321 e. The third-order valence-corrected chi connectivity index (χ3v) is 5.81. The molecule has 1 unspecified atom stereocenters. The first-order chi connectivity index (χ1) is 10.8. The summed E-state index contributed by atoms with van der Waals surface area (Å²) in [7, 11) is -3.08. The highest BCUT2D eigenvalue weighted by Gasteiger charge is 2.29. The number of tetrazole rings is 1. The van der Waals surface area contributed by atoms with Gasteiger partial charge < -0.3 is 5.32 Å². The van der Waals surface area contributed by atoms with Gasteiger partial charge in [0.2, 0.25) is 11.1 Å². The maximum absolute atomic E-state index is 11.7. The second-order valence-electron chi connectivity index (χ2n) is 5.41. The fourth-order valence-corrected chi connectivity index (χ4v) is 4.51. The second kappa shape index (κ2) is 7.25. The van der Waals surface area contributed by atoms with E-state index in [1.165, 1.54) is 0 Å². The van der Waals surface area contributed by atoms with Crippen LogP contribution < -0.4 is 10.6 Å². The first-order valence-corrected chi connectivity index (χ1v) is 9.79. The van der Waals surface area contributed by atoms with E-state index < -0.39 is 27.8 Å². The van der Waals surface area contributed by atoms with Gasteiger partial charge in [-0.3, -0.25) is 10.1 Å². The topological polar surface area (TPSA) is 136 Å². The van der Waals surface area contributed by atoms with Crippen molar-refractivity contribution in [2.45, 2.75) is 37.5 Å². The van der Waals surface area contributed by atoms with Gasteiger partial charge in [-0.25, -0.2) is 17.9 Å². The highest BCUT2D eigenvalue weighted by Crippen LogP contribution is 2.16. The van der Waals surface area contributed by atoms with Crippen molar-refractivity contribution in [2.75, 3.05) is 17.3 Å². The molecule has 3 amide bonds. The highest BCUT2D eigenvalue weighted by molar-refractivity contribution is 7.99. The van der Waals surface area contributed by atoms with Crippen LogP contribution in [-0.4, -0.2) is 63.9 Å². The Morgan fingerprint density at radius 2 is 2.17 bits per heavy atom. The Balaban J connectivity index is 1.76. The van der Waals surface area contributed by atoms with Gasteiger partial charge in [0.1, 0.15) is 0 Å². The van der Waals surface area contributed by atoms with E-state index in [1.54, 1.807) is 4.68 Å². The van der Waals surface area contributed by atoms with Crippen molar-refractivity contribution in [1.82, 2.24) is 30.8 Å². The number of hydrogen-bond donors (Lipinski definition) is 2. The molecule has 1 atom stereocenters. The van der Waals surface area contributed by atoms with Gasteiger partial charge in [-0.1, -0.05) is 11.8 Å². The van der Waals surface area contributed by atoms with Crippen molar-refractivity contribution < 1.29 is 18.0 Å². The molecule has 1 aliphatic heterocycles. The average molecular weight is 362 g/mol. The zero-order valence-electron chi connectivity index (χ0n) is 12.7. The molecule has 0 bridgehead atoms. The molecular weight excluding hydrogens is 344 g/mol. The summed E-state index contributed by atoms with van der Waals surface area (Å²) in [5, 5.41) is 16.3. The predicted octanol–water partition coefficient (Wildman–Crippen LogP) is -0.641. The number of nitrogens with one attached hydrogen (secondary N) is 2. The van der Waals surface area contributed by atoms with E-state index >= 15 is 0 Å². The number of imide groups is 1. The van der Waals surface area contributed by atoms with Crippen molar-refractivity contribution in [2.24, 2.45) is 0 Å². The predicted molar refractivity (Wildman–Crippen MR) is 82.7 cm³/mol. The monoisotopic (exact) mass is 362 g/mol. The Bertz CT molecular complexity index is 686. The summed E-state index contributed by atoms with van der Waals surface area (Å²) in [6.45, 7) is 3.81. The molecule has 0 saturated carbocycles. The van der Waals surface area contributed by atoms with Gasteiger partial charge in [0.15, 0.2) is 9.84 Å². The Morgan fingerprint density at radius 3 is 2.78 bits per heavy atom. The molecule has 10 nitrogen and oxygen atoms in total. The lowest BCUT2D eigenvalue weighted by Gasteiger charge is -2.11. The summed E-state index contributed by atoms with van der Waals surface area (Å²) in [5.74, 6) is -0.568. The van der Waals surface area contributed by atoms with Crippen LogP contribution in [0.1, 0.15) is 26.3 Å². The maximum Gasteiger partial charge on any atom is 0.321 e. The Morgan fingerprint density at radius 1 is 1.43 bits per heavy atom. The van der Waals surface area contributed by atoms with Crippen LogP contribution in [0.2, 0.25) is 0 Å². The lowest BCUT2D eigenvalue weighted by atomic mass is 10.3. The minimum absolute atomic E-state index is 0.0243. The zero-order valence-corrected chi connectivity index (χ0v) is 14.4. The van der Waals surface area contributed by atoms with E-state index in [-0.39, 0.29) is 23.3 Å². The summed E-state index contributed by atoms with van der Waals surface area (Å²) >= 11 is 1.11. The van der Waals surface area contributed by atoms with Crippen LogP contribution in [0.4, 0.5) is 4.79 Å². The van der Waals surface area contributed by atoms with Crippen LogP contribution in [0.3, 0.4) is 0 Å². The van der Waals surface area contributed by atoms with Gasteiger partial charge in [-0.15, -0.1) is 5.10 Å². The van der Waals surface area contributed by atoms with E-state index in [9.17, 15) is 18.0 Å². The van der Waals surface area contributed by atoms with Crippen LogP contribution in [0.15, 0.2) is 5.16 Å². The third-order valence-electron chi connectivity index (χ3n) is 3.10. The number of urea groups is 1. The molecule has 2 heterocycles. The standard InChI is InChI=1S/C11H18N6O4S2/c1-7(2)17-11(14-15-16-17)22-5-9(18)13-10(19)12-8-3-4-23(20,21)6-8/h7-8H,3-6H2,1-2H3,(H2,12,13,18,19). The molecule has 2 N–H and O–H groups in total. The van der Waals surface area contributed by atoms with Crippen molar-refractivity contribution in [3.63, 3.8) is 0 Å². The minimum atomic E-state index is -3.08. The van der Waals surface area contributed by atoms with E-state index in [0.29, 0.717) is 11.6 Å². The van der Waals surface area contributed by atoms with Crippen molar-refractivity contribution in [1.29, 1.82) is 0 Å². The largest absolute Gasteiger partial charge is 0.334 e. The third kappa shape index (κ3) is 5.16. The summed E-state index contributed by atoms with van der Waals surface area (Å²) in [6.07, 6.45) is 0.363. The molecule has 1 fully saturated rings. The number of nitrogens with zero attached hydrogens (tertiary/aromatic N) is 4. The first kappa shape index (κ1) is 17.7. The Hall–Kier alpha value is -1.69. The van der Waals surface area contributed by atoms with Crippen molar-refractivity contribution in [3.8, 4) is 0 Å². The fourth-order valence-electron chi connectivity index (χ4n) is 2.03. The minimum Gasteiger partial charge on any atom is -0.334 e. The SMILES string of the molecule is CC(C)n1nnnc1SCC(=O)NC(=O)NC1CCS(=O)(=O)C1. The fraction of sp³-hybridized carbons (Fsp3) is 0.727. The maximum atomic E-state index is 11.7. The highest BCUT2D eigenvalue weighted by atomic mass is 32.2. The molecular formula is C11H18N6O4S2. The van der Waals surface area contributed by atoms with Gasteiger partial charge in [0, 0.05) is 6.04 Å². The molecule has 1 saturated heterocycles. The molecule has 1 aromatic heterocycles. The Kier molecular flexibility index (Phi) is 5.57. The molecule has 0 aliphatic carbocycles. The number of carbonyl (C=O) groups is 2. The van der Waals surface area contributed by atoms with Gasteiger partial charge in [0.05, 0.1) is 23.3 Å². The number of carbonyl (C=O) groups excluding carboxylic acids is 2. The average Bonchev–Trinajstić information content (AvgIpc) is 3.02. The van der Waals surface area contributed by atoms with Crippen LogP contribution in [0.5, 0.6) is 0 Å². The van der Waals surface area contributed by atoms with E-state index in [1.807, 2.05) is 13.8 Å². The van der Waals surface area contributed by atoms with Crippen molar-refractivity contribution >= 4 is 33.5 Å². The molecule has 128 valence electrons. The molecule has 23 heavy (non-hydrogen) atoms. The van der Waals surface area contributed by atoms with E-state index in [2.05, 4.69) is 26.2 Å². The summed E-state index contributed by atoms with van der Waals surface area (Å²) in [6, 6.07) is -1.09. The van der Waals surface area contributed by atoms with Gasteiger partial charge in [0.25, 0.3) is 0 Å². The van der Waals surface area contributed by atoms with Crippen LogP contribution >= 0.6 is 11.8 Å². The summed E-state index contributed by atoms with van der Waals surface area (Å²) in [5.41, 5.74) is 0. The first-order valence-electron chi connectivity index (χ1n) is 6.98. The Labute approximate surface area is 137 Å². The van der Waals surface area contributed by atoms with Crippen molar-refractivity contribution in [3.05, 3.63) is 0 Å². The summed E-state index contributed by atoms with van der Waals surface area (Å²) in [4.78, 5) is 23.4. The summed E-state index contributed by atoms with van der Waals surface area (Å²) < 4.78 is 24.2. The molecule has 12 heteroatoms. The molecule has 2 rings (SSSR count). The van der Waals surface area contributed by atoms with Crippen LogP contribution in [-0.2, 0) is 14.6 Å². The lowest BCUT2D eigenvalue weighted by Crippen LogP contribution is -2.45. The number of sulfone groups is 1. The number of amides is 3. The van der Waals surface area contributed by atoms with Crippen LogP contribution in [0.25, 0.3) is 0 Å². The van der Waals surface area contributed by atoms with E-state index in [4.69, 9.17) is 0 Å². The molecule has 0 spiro atoms. The number of rotatable bonds is 5. The number of thioether (sulfide) groups is 1. The second-order valence-corrected chi connectivity index (χ2v) is 8.58. The van der Waals surface area contributed by atoms with Crippen LogP contribution in [0, 0.1) is 0 Å².